The van der Waals surface area contributed by atoms with Crippen LogP contribution in [0.3, 0.4) is 0 Å². The molecule has 1 heterocycles. The van der Waals surface area contributed by atoms with Gasteiger partial charge in [0.1, 0.15) is 6.61 Å². The zero-order valence-electron chi connectivity index (χ0n) is 13.2. The van der Waals surface area contributed by atoms with Crippen molar-refractivity contribution in [3.8, 4) is 0 Å². The van der Waals surface area contributed by atoms with Crippen LogP contribution in [0.1, 0.15) is 30.9 Å². The molecule has 1 fully saturated rings. The molecular formula is C18H23N3O2. The number of ether oxygens (including phenoxy) is 1. The second kappa shape index (κ2) is 7.92. The maximum absolute atomic E-state index is 12.1. The van der Waals surface area contributed by atoms with Crippen LogP contribution >= 0.6 is 0 Å². The molecule has 122 valence electrons. The standard InChI is InChI=1S/C18H23N3O2/c22-18(13-23-12-9-15-5-2-1-3-6-15)20-16-7-4-8-17(16)21-11-10-19-14-21/h1-3,5-6,10-11,14,16-17H,4,7-9,12-13H2,(H,20,22)/t16-,17+/m0/s1. The Kier molecular flexibility index (Phi) is 5.42. The fourth-order valence-electron chi connectivity index (χ4n) is 3.18. The SMILES string of the molecule is O=C(COCCc1ccccc1)N[C@H]1CCC[C@H]1n1ccnc1. The summed E-state index contributed by atoms with van der Waals surface area (Å²) in [5.74, 6) is -0.0323. The third-order valence-electron chi connectivity index (χ3n) is 4.34. The summed E-state index contributed by atoms with van der Waals surface area (Å²) in [5.41, 5.74) is 1.23. The van der Waals surface area contributed by atoms with E-state index in [0.717, 1.165) is 25.7 Å². The lowest BCUT2D eigenvalue weighted by atomic mass is 10.1. The maximum Gasteiger partial charge on any atom is 0.246 e. The Labute approximate surface area is 136 Å². The molecule has 2 atom stereocenters. The average Bonchev–Trinajstić information content (AvgIpc) is 3.23. The Hall–Kier alpha value is -2.14. The molecule has 2 aromatic rings. The Bertz CT molecular complexity index is 598. The van der Waals surface area contributed by atoms with Crippen molar-refractivity contribution in [2.75, 3.05) is 13.2 Å². The van der Waals surface area contributed by atoms with Gasteiger partial charge in [-0.05, 0) is 31.2 Å². The molecule has 0 aliphatic heterocycles. The molecule has 5 heteroatoms. The van der Waals surface area contributed by atoms with E-state index in [2.05, 4.69) is 27.0 Å². The summed E-state index contributed by atoms with van der Waals surface area (Å²) in [6.07, 6.45) is 9.62. The topological polar surface area (TPSA) is 56.1 Å². The molecule has 1 aromatic heterocycles. The molecule has 0 bridgehead atoms. The van der Waals surface area contributed by atoms with Gasteiger partial charge in [-0.2, -0.15) is 0 Å². The van der Waals surface area contributed by atoms with Gasteiger partial charge in [0, 0.05) is 18.4 Å². The third-order valence-corrected chi connectivity index (χ3v) is 4.34. The highest BCUT2D eigenvalue weighted by Crippen LogP contribution is 2.29. The first-order valence-electron chi connectivity index (χ1n) is 8.21. The van der Waals surface area contributed by atoms with Crippen molar-refractivity contribution < 1.29 is 9.53 Å². The van der Waals surface area contributed by atoms with Crippen molar-refractivity contribution in [3.63, 3.8) is 0 Å². The summed E-state index contributed by atoms with van der Waals surface area (Å²) in [7, 11) is 0. The number of nitrogens with one attached hydrogen (secondary N) is 1. The minimum Gasteiger partial charge on any atom is -0.371 e. The zero-order valence-corrected chi connectivity index (χ0v) is 13.2. The summed E-state index contributed by atoms with van der Waals surface area (Å²) < 4.78 is 7.60. The molecule has 1 aliphatic carbocycles. The Morgan fingerprint density at radius 3 is 2.96 bits per heavy atom. The van der Waals surface area contributed by atoms with E-state index in [1.165, 1.54) is 5.56 Å². The normalized spacial score (nSPS) is 20.5. The van der Waals surface area contributed by atoms with Crippen molar-refractivity contribution in [1.29, 1.82) is 0 Å². The first-order valence-corrected chi connectivity index (χ1v) is 8.21. The first kappa shape index (κ1) is 15.7. The van der Waals surface area contributed by atoms with Gasteiger partial charge in [-0.3, -0.25) is 4.79 Å². The van der Waals surface area contributed by atoms with Crippen molar-refractivity contribution >= 4 is 5.91 Å². The number of amides is 1. The van der Waals surface area contributed by atoms with Crippen molar-refractivity contribution in [2.24, 2.45) is 0 Å². The summed E-state index contributed by atoms with van der Waals surface area (Å²) in [6.45, 7) is 0.688. The van der Waals surface area contributed by atoms with Crippen LogP contribution in [0, 0.1) is 0 Å². The predicted molar refractivity (Wildman–Crippen MR) is 88.0 cm³/mol. The second-order valence-electron chi connectivity index (χ2n) is 5.97. The lowest BCUT2D eigenvalue weighted by Gasteiger charge is -2.22. The fraction of sp³-hybridized carbons (Fsp3) is 0.444. The highest BCUT2D eigenvalue weighted by Gasteiger charge is 2.29. The molecule has 0 saturated heterocycles. The van der Waals surface area contributed by atoms with Gasteiger partial charge in [-0.25, -0.2) is 4.98 Å². The largest absolute Gasteiger partial charge is 0.371 e. The number of benzene rings is 1. The predicted octanol–water partition coefficient (Wildman–Crippen LogP) is 2.35. The van der Waals surface area contributed by atoms with E-state index in [-0.39, 0.29) is 18.6 Å². The van der Waals surface area contributed by atoms with Gasteiger partial charge in [0.2, 0.25) is 5.91 Å². The monoisotopic (exact) mass is 313 g/mol. The van der Waals surface area contributed by atoms with Crippen LogP contribution in [-0.4, -0.2) is 34.7 Å². The van der Waals surface area contributed by atoms with E-state index < -0.39 is 0 Å². The first-order chi connectivity index (χ1) is 11.3. The van der Waals surface area contributed by atoms with Gasteiger partial charge < -0.3 is 14.6 Å². The Morgan fingerprint density at radius 2 is 2.17 bits per heavy atom. The van der Waals surface area contributed by atoms with Gasteiger partial charge in [-0.1, -0.05) is 30.3 Å². The van der Waals surface area contributed by atoms with Crippen LogP contribution in [0.5, 0.6) is 0 Å². The van der Waals surface area contributed by atoms with E-state index in [0.29, 0.717) is 12.6 Å². The van der Waals surface area contributed by atoms with Crippen molar-refractivity contribution in [2.45, 2.75) is 37.8 Å². The Balaban J connectivity index is 1.39. The fourth-order valence-corrected chi connectivity index (χ4v) is 3.18. The molecule has 3 rings (SSSR count). The van der Waals surface area contributed by atoms with Gasteiger partial charge >= 0.3 is 0 Å². The number of nitrogens with zero attached hydrogens (tertiary/aromatic N) is 2. The van der Waals surface area contributed by atoms with Crippen molar-refractivity contribution in [3.05, 3.63) is 54.6 Å². The van der Waals surface area contributed by atoms with Gasteiger partial charge in [0.05, 0.1) is 19.0 Å². The molecule has 5 nitrogen and oxygen atoms in total. The summed E-state index contributed by atoms with van der Waals surface area (Å²) >= 11 is 0. The van der Waals surface area contributed by atoms with Crippen LogP contribution in [0.4, 0.5) is 0 Å². The number of hydrogen-bond donors (Lipinski definition) is 1. The number of carbonyl (C=O) groups is 1. The second-order valence-corrected chi connectivity index (χ2v) is 5.97. The zero-order chi connectivity index (χ0) is 15.9. The van der Waals surface area contributed by atoms with Crippen LogP contribution in [-0.2, 0) is 16.0 Å². The van der Waals surface area contributed by atoms with Crippen molar-refractivity contribution in [1.82, 2.24) is 14.9 Å². The number of carbonyl (C=O) groups excluding carboxylic acids is 1. The Morgan fingerprint density at radius 1 is 1.30 bits per heavy atom. The number of rotatable bonds is 7. The van der Waals surface area contributed by atoms with E-state index in [1.54, 1.807) is 6.20 Å². The summed E-state index contributed by atoms with van der Waals surface area (Å²) in [4.78, 5) is 16.2. The minimum absolute atomic E-state index is 0.0323. The summed E-state index contributed by atoms with van der Waals surface area (Å²) in [6, 6.07) is 10.6. The molecule has 1 amide bonds. The van der Waals surface area contributed by atoms with E-state index >= 15 is 0 Å². The molecule has 1 aliphatic rings. The quantitative estimate of drug-likeness (QED) is 0.798. The summed E-state index contributed by atoms with van der Waals surface area (Å²) in [5, 5.41) is 3.10. The molecular weight excluding hydrogens is 290 g/mol. The molecule has 0 radical (unpaired) electrons. The number of hydrogen-bond acceptors (Lipinski definition) is 3. The maximum atomic E-state index is 12.1. The van der Waals surface area contributed by atoms with Gasteiger partial charge in [-0.15, -0.1) is 0 Å². The lowest BCUT2D eigenvalue weighted by molar-refractivity contribution is -0.126. The van der Waals surface area contributed by atoms with Crippen LogP contribution in [0.2, 0.25) is 0 Å². The molecule has 1 N–H and O–H groups in total. The minimum atomic E-state index is -0.0323. The van der Waals surface area contributed by atoms with E-state index in [9.17, 15) is 4.79 Å². The van der Waals surface area contributed by atoms with Gasteiger partial charge in [0.15, 0.2) is 0 Å². The molecule has 0 spiro atoms. The average molecular weight is 313 g/mol. The third kappa shape index (κ3) is 4.42. The molecule has 23 heavy (non-hydrogen) atoms. The lowest BCUT2D eigenvalue weighted by Crippen LogP contribution is -2.40. The van der Waals surface area contributed by atoms with Crippen LogP contribution in [0.15, 0.2) is 49.1 Å². The smallest absolute Gasteiger partial charge is 0.246 e. The number of imidazole rings is 1. The van der Waals surface area contributed by atoms with Gasteiger partial charge in [0.25, 0.3) is 0 Å². The van der Waals surface area contributed by atoms with E-state index in [1.807, 2.05) is 30.7 Å². The van der Waals surface area contributed by atoms with E-state index in [4.69, 9.17) is 4.74 Å². The highest BCUT2D eigenvalue weighted by atomic mass is 16.5. The highest BCUT2D eigenvalue weighted by molar-refractivity contribution is 5.77. The van der Waals surface area contributed by atoms with Crippen LogP contribution < -0.4 is 5.32 Å². The van der Waals surface area contributed by atoms with Crippen LogP contribution in [0.25, 0.3) is 0 Å². The molecule has 0 unspecified atom stereocenters. The molecule has 1 saturated carbocycles. The number of aromatic nitrogens is 2. The molecule has 1 aromatic carbocycles.